The predicted octanol–water partition coefficient (Wildman–Crippen LogP) is 39.3. The van der Waals surface area contributed by atoms with Gasteiger partial charge in [-0.25, -0.2) is 0 Å². The number of nitrogens with zero attached hydrogens (tertiary/aromatic N) is 6. The number of fused-ring (bicyclic) bond motifs is 3. The molecule has 0 bridgehead atoms. The Morgan fingerprint density at radius 2 is 0.488 bits per heavy atom. The van der Waals surface area contributed by atoms with Crippen LogP contribution < -0.4 is 0 Å². The van der Waals surface area contributed by atoms with Crippen LogP contribution in [0.5, 0.6) is 0 Å². The molecule has 1 aromatic carbocycles. The van der Waals surface area contributed by atoms with Crippen molar-refractivity contribution >= 4 is 190 Å². The summed E-state index contributed by atoms with van der Waals surface area (Å²) in [4.78, 5) is 62.2. The molecular weight excluding hydrogens is 1940 g/mol. The molecule has 21 heteroatoms. The average molecular weight is 2100 g/mol. The maximum Gasteiger partial charge on any atom is 0.262 e. The van der Waals surface area contributed by atoms with Gasteiger partial charge >= 0.3 is 0 Å². The summed E-state index contributed by atoms with van der Waals surface area (Å²) in [6.45, 7) is 14.7. The first kappa shape index (κ1) is 108. The lowest BCUT2D eigenvalue weighted by Crippen LogP contribution is -2.30. The number of carbonyl (C=O) groups excluding carboxylic acids is 4. The number of hydrogen-bond acceptors (Lipinski definition) is 14. The number of aromatic nitrogens is 2. The van der Waals surface area contributed by atoms with Gasteiger partial charge in [0.25, 0.3) is 23.6 Å². The Balaban J connectivity index is 0.000000265. The van der Waals surface area contributed by atoms with Crippen LogP contribution in [0.3, 0.4) is 0 Å². The SMILES string of the molecule is CCCCCCCCCCCCN1C(=O)C=CC1=O.CCCCCCCCCCCCc1cc(-c2c3c(c(-c4cc(CCCCCCCCCCCC)c(Br)s4)c4nsnc24)C(=O)N(CCCCCCCCCCCC)C3=O)sc1Br.CCCCCCCCCCCCc1cc(-c2sc(-c3cc(CCCCCCCCCCCC)c(Br)s3)c3c2N=S=N3)sc1Br. The second-order valence-electron chi connectivity index (χ2n) is 35.8. The Bertz CT molecular complexity index is 4090. The van der Waals surface area contributed by atoms with Crippen molar-refractivity contribution in [2.75, 3.05) is 13.1 Å². The van der Waals surface area contributed by atoms with E-state index < -0.39 is 0 Å². The summed E-state index contributed by atoms with van der Waals surface area (Å²) in [5, 5.41) is 0. The molecular formula is C104H156Br4N6O4S7. The van der Waals surface area contributed by atoms with Gasteiger partial charge < -0.3 is 0 Å². The first-order valence-corrected chi connectivity index (χ1v) is 59.1. The second-order valence-corrected chi connectivity index (χ2v) is 47.4. The number of thiophene rings is 5. The molecule has 9 heterocycles. The third kappa shape index (κ3) is 37.6. The van der Waals surface area contributed by atoms with Gasteiger partial charge in [-0.05, 0) is 174 Å². The fourth-order valence-electron chi connectivity index (χ4n) is 17.7. The zero-order valence-corrected chi connectivity index (χ0v) is 89.9. The lowest BCUT2D eigenvalue weighted by atomic mass is 9.92. The van der Waals surface area contributed by atoms with E-state index >= 15 is 0 Å². The van der Waals surface area contributed by atoms with E-state index in [0.717, 1.165) is 121 Å². The Kier molecular flexibility index (Phi) is 56.0. The van der Waals surface area contributed by atoms with Gasteiger partial charge in [0.05, 0.1) is 59.1 Å². The Morgan fingerprint density at radius 3 is 0.752 bits per heavy atom. The molecule has 0 N–H and O–H groups in total. The van der Waals surface area contributed by atoms with Gasteiger partial charge in [-0.15, -0.1) is 56.7 Å². The smallest absolute Gasteiger partial charge is 0.262 e. The topological polar surface area (TPSA) is 125 Å². The summed E-state index contributed by atoms with van der Waals surface area (Å²) < 4.78 is 24.1. The highest BCUT2D eigenvalue weighted by Gasteiger charge is 2.43. The first-order chi connectivity index (χ1) is 61.3. The molecule has 3 aliphatic rings. The monoisotopic (exact) mass is 2090 g/mol. The molecule has 0 fully saturated rings. The highest BCUT2D eigenvalue weighted by molar-refractivity contribution is 9.11. The van der Waals surface area contributed by atoms with E-state index in [4.69, 9.17) is 17.5 Å². The summed E-state index contributed by atoms with van der Waals surface area (Å²) in [7, 11) is 0. The number of amides is 4. The van der Waals surface area contributed by atoms with Crippen molar-refractivity contribution in [1.29, 1.82) is 0 Å². The van der Waals surface area contributed by atoms with Gasteiger partial charge in [0, 0.05) is 55.9 Å². The standard InChI is InChI=1S/C52H77Br2N3O2S3.C36H52Br2N2S4.C16H27NO2/c1-4-7-10-13-16-19-22-25-28-31-34-39-37-41(60-49(39)53)43-45-46(52(59)57(51(45)58)36-33-30-27-24-21-18-15-12-9-6-3)44(48-47(43)55-62-56-48)42-38-40(50(54)61-42)35-32-29-26-23-20-17-14-11-8-5-2;1-3-5-7-9-11-13-15-17-19-21-23-27-25-29(41-35(27)37)33-31-32(40-44-39-31)34(43-33)30-26-28(36(38)42-30)24-22-20-18-16-14-12-10-8-6-4-2;1-2-3-4-5-6-7-8-9-10-11-14-17-15(18)12-13-16(17)19/h37-38H,4-36H2,1-3H3;25-26H,3-24H2,1-2H3;12-13H,2-11,14H2,1H3. The van der Waals surface area contributed by atoms with Gasteiger partial charge in [0.15, 0.2) is 0 Å². The average Bonchev–Trinajstić information content (AvgIpc) is 1.55. The van der Waals surface area contributed by atoms with Gasteiger partial charge in [-0.3, -0.25) is 29.0 Å². The zero-order valence-electron chi connectivity index (χ0n) is 77.8. The van der Waals surface area contributed by atoms with Crippen LogP contribution in [-0.4, -0.2) is 55.3 Å². The van der Waals surface area contributed by atoms with E-state index in [1.165, 1.54) is 430 Å². The number of imide groups is 2. The van der Waals surface area contributed by atoms with Crippen LogP contribution in [-0.2, 0) is 46.6 Å². The van der Waals surface area contributed by atoms with Crippen LogP contribution in [0, 0.1) is 0 Å². The van der Waals surface area contributed by atoms with Crippen molar-refractivity contribution in [1.82, 2.24) is 18.5 Å². The van der Waals surface area contributed by atoms with Crippen molar-refractivity contribution in [2.45, 2.75) is 452 Å². The van der Waals surface area contributed by atoms with Crippen LogP contribution in [0.1, 0.15) is 470 Å². The van der Waals surface area contributed by atoms with Crippen LogP contribution in [0.15, 0.2) is 60.3 Å². The Hall–Kier alpha value is -2.70. The largest absolute Gasteiger partial charge is 0.275 e. The summed E-state index contributed by atoms with van der Waals surface area (Å²) in [5.41, 5.74) is 11.7. The molecule has 7 aromatic rings. The van der Waals surface area contributed by atoms with Gasteiger partial charge in [-0.2, -0.15) is 17.5 Å². The predicted molar refractivity (Wildman–Crippen MR) is 564 cm³/mol. The Morgan fingerprint density at radius 1 is 0.264 bits per heavy atom. The van der Waals surface area contributed by atoms with E-state index in [2.05, 4.69) is 130 Å². The number of carbonyl (C=O) groups is 4. The summed E-state index contributed by atoms with van der Waals surface area (Å²) in [5.74, 6) is -0.648. The molecule has 0 saturated heterocycles. The third-order valence-electron chi connectivity index (χ3n) is 25.3. The fraction of sp³-hybridized carbons (Fsp3) is 0.692. The first-order valence-electron chi connectivity index (χ1n) is 50.4. The molecule has 10 rings (SSSR count). The van der Waals surface area contributed by atoms with Crippen molar-refractivity contribution in [2.24, 2.45) is 8.73 Å². The van der Waals surface area contributed by atoms with Gasteiger partial charge in [0.2, 0.25) is 0 Å². The molecule has 125 heavy (non-hydrogen) atoms. The van der Waals surface area contributed by atoms with Gasteiger partial charge in [-0.1, -0.05) is 388 Å². The minimum absolute atomic E-state index is 0.152. The molecule has 4 amide bonds. The number of benzene rings is 1. The van der Waals surface area contributed by atoms with Crippen molar-refractivity contribution in [3.05, 3.63) is 84.9 Å². The molecule has 0 radical (unpaired) electrons. The molecule has 696 valence electrons. The van der Waals surface area contributed by atoms with E-state index in [0.29, 0.717) is 24.2 Å². The molecule has 0 spiro atoms. The van der Waals surface area contributed by atoms with Crippen molar-refractivity contribution < 1.29 is 19.2 Å². The number of halogens is 4. The van der Waals surface area contributed by atoms with E-state index in [1.807, 2.05) is 34.0 Å². The third-order valence-corrected chi connectivity index (χ3v) is 35.8. The minimum atomic E-state index is -0.172. The van der Waals surface area contributed by atoms with Crippen LogP contribution in [0.2, 0.25) is 0 Å². The summed E-state index contributed by atoms with van der Waals surface area (Å²) in [6.07, 6.45) is 85.7. The Labute approximate surface area is 818 Å². The van der Waals surface area contributed by atoms with Crippen molar-refractivity contribution in [3.63, 3.8) is 0 Å². The number of hydrogen-bond donors (Lipinski definition) is 0. The highest BCUT2D eigenvalue weighted by atomic mass is 79.9. The molecule has 0 unspecified atom stereocenters. The number of unbranched alkanes of at least 4 members (excludes halogenated alkanes) is 54. The van der Waals surface area contributed by atoms with Crippen LogP contribution in [0.25, 0.3) is 51.4 Å². The minimum Gasteiger partial charge on any atom is -0.275 e. The maximum atomic E-state index is 14.7. The number of rotatable bonds is 70. The molecule has 3 aliphatic heterocycles. The summed E-state index contributed by atoms with van der Waals surface area (Å²) in [6, 6.07) is 9.34. The van der Waals surface area contributed by atoms with Crippen molar-refractivity contribution in [3.8, 4) is 40.4 Å². The second kappa shape index (κ2) is 65.0. The molecule has 10 nitrogen and oxygen atoms in total. The fourth-order valence-corrected chi connectivity index (χ4v) is 27.5. The lowest BCUT2D eigenvalue weighted by Gasteiger charge is -2.13. The molecule has 0 atom stereocenters. The number of aryl methyl sites for hydroxylation is 4. The van der Waals surface area contributed by atoms with E-state index in [1.54, 1.807) is 27.6 Å². The van der Waals surface area contributed by atoms with E-state index in [9.17, 15) is 19.2 Å². The van der Waals surface area contributed by atoms with Crippen LogP contribution >= 0.6 is 132 Å². The van der Waals surface area contributed by atoms with Gasteiger partial charge in [0.1, 0.15) is 22.4 Å². The van der Waals surface area contributed by atoms with E-state index in [-0.39, 0.29) is 23.6 Å². The highest BCUT2D eigenvalue weighted by Crippen LogP contribution is 2.58. The molecule has 6 aromatic heterocycles. The maximum absolute atomic E-state index is 14.7. The quantitative estimate of drug-likeness (QED) is 0.0276. The summed E-state index contributed by atoms with van der Waals surface area (Å²) >= 11 is 27.1. The molecule has 0 aliphatic carbocycles. The lowest BCUT2D eigenvalue weighted by molar-refractivity contribution is -0.136. The normalized spacial score (nSPS) is 12.9. The zero-order chi connectivity index (χ0) is 88.9. The van der Waals surface area contributed by atoms with Crippen LogP contribution in [0.4, 0.5) is 11.4 Å². The molecule has 0 saturated carbocycles.